The van der Waals surface area contributed by atoms with Crippen LogP contribution in [-0.2, 0) is 11.2 Å². The molecule has 3 aromatic carbocycles. The number of pyridine rings is 1. The molecule has 5 rings (SSSR count). The largest absolute Gasteiger partial charge is 0.573 e. The lowest BCUT2D eigenvalue weighted by Crippen LogP contribution is -2.31. The summed E-state index contributed by atoms with van der Waals surface area (Å²) >= 11 is 0. The van der Waals surface area contributed by atoms with Crippen molar-refractivity contribution in [2.75, 3.05) is 0 Å². The number of hydrogen-bond donors (Lipinski definition) is 2. The Bertz CT molecular complexity index is 1550. The molecule has 1 amide bonds. The SMILES string of the molecule is O=C(O)CC(NC(=O)c1cc2ccc(Oc3ccc(OC(F)(F)F)cc3)cc2c(CC2CCCC2)n1)c1ccccc1. The minimum atomic E-state index is -4.78. The fraction of sp³-hybridized carbons (Fsp3) is 0.281. The number of benzene rings is 3. The Balaban J connectivity index is 1.42. The van der Waals surface area contributed by atoms with Crippen molar-refractivity contribution in [2.45, 2.75) is 50.9 Å². The third-order valence-corrected chi connectivity index (χ3v) is 7.25. The van der Waals surface area contributed by atoms with Gasteiger partial charge < -0.3 is 19.9 Å². The zero-order valence-electron chi connectivity index (χ0n) is 22.6. The van der Waals surface area contributed by atoms with Crippen LogP contribution in [0.25, 0.3) is 10.8 Å². The highest BCUT2D eigenvalue weighted by Gasteiger charge is 2.31. The lowest BCUT2D eigenvalue weighted by atomic mass is 9.97. The number of ether oxygens (including phenoxy) is 2. The molecule has 1 aliphatic rings. The van der Waals surface area contributed by atoms with E-state index in [9.17, 15) is 27.9 Å². The van der Waals surface area contributed by atoms with E-state index in [1.807, 2.05) is 12.1 Å². The smallest absolute Gasteiger partial charge is 0.481 e. The molecule has 218 valence electrons. The number of aromatic nitrogens is 1. The number of halogens is 3. The third kappa shape index (κ3) is 7.57. The maximum absolute atomic E-state index is 13.4. The van der Waals surface area contributed by atoms with Crippen molar-refractivity contribution in [1.82, 2.24) is 10.3 Å². The Morgan fingerprint density at radius 3 is 2.26 bits per heavy atom. The monoisotopic (exact) mass is 578 g/mol. The highest BCUT2D eigenvalue weighted by Crippen LogP contribution is 2.33. The summed E-state index contributed by atoms with van der Waals surface area (Å²) in [5, 5.41) is 13.8. The van der Waals surface area contributed by atoms with E-state index in [0.29, 0.717) is 29.4 Å². The van der Waals surface area contributed by atoms with Crippen molar-refractivity contribution in [3.63, 3.8) is 0 Å². The zero-order valence-corrected chi connectivity index (χ0v) is 22.6. The van der Waals surface area contributed by atoms with Crippen LogP contribution in [0.2, 0.25) is 0 Å². The number of carboxylic acids is 1. The highest BCUT2D eigenvalue weighted by molar-refractivity contribution is 5.98. The number of alkyl halides is 3. The molecule has 1 aliphatic carbocycles. The molecule has 0 bridgehead atoms. The molecule has 1 heterocycles. The van der Waals surface area contributed by atoms with Crippen molar-refractivity contribution in [3.05, 3.63) is 95.8 Å². The number of rotatable bonds is 10. The average Bonchev–Trinajstić information content (AvgIpc) is 3.46. The summed E-state index contributed by atoms with van der Waals surface area (Å²) in [4.78, 5) is 29.7. The van der Waals surface area contributed by atoms with E-state index < -0.39 is 24.3 Å². The van der Waals surface area contributed by atoms with Gasteiger partial charge in [0.2, 0.25) is 0 Å². The Morgan fingerprint density at radius 1 is 0.929 bits per heavy atom. The van der Waals surface area contributed by atoms with Gasteiger partial charge in [0.05, 0.1) is 12.5 Å². The molecule has 1 aromatic heterocycles. The lowest BCUT2D eigenvalue weighted by Gasteiger charge is -2.18. The first-order chi connectivity index (χ1) is 20.1. The standard InChI is InChI=1S/C32H29F3N2O5/c33-32(34,35)42-24-14-12-23(13-15-24)41-25-11-10-22-17-29(36-28(26(22)18-25)16-20-6-4-5-7-20)31(40)37-27(19-30(38)39)21-8-2-1-3-9-21/h1-3,8-15,17-18,20,27H,4-7,16,19H2,(H,37,40)(H,38,39). The maximum atomic E-state index is 13.4. The van der Waals surface area contributed by atoms with Gasteiger partial charge in [-0.05, 0) is 65.8 Å². The second-order valence-electron chi connectivity index (χ2n) is 10.3. The fourth-order valence-corrected chi connectivity index (χ4v) is 5.31. The van der Waals surface area contributed by atoms with Crippen molar-refractivity contribution in [3.8, 4) is 17.2 Å². The number of nitrogens with zero attached hydrogens (tertiary/aromatic N) is 1. The number of nitrogens with one attached hydrogen (secondary N) is 1. The molecule has 1 atom stereocenters. The number of fused-ring (bicyclic) bond motifs is 1. The first-order valence-electron chi connectivity index (χ1n) is 13.7. The number of carbonyl (C=O) groups is 2. The van der Waals surface area contributed by atoms with Gasteiger partial charge >= 0.3 is 12.3 Å². The van der Waals surface area contributed by atoms with Crippen molar-refractivity contribution >= 4 is 22.6 Å². The van der Waals surface area contributed by atoms with E-state index in [1.54, 1.807) is 42.5 Å². The second kappa shape index (κ2) is 12.5. The second-order valence-corrected chi connectivity index (χ2v) is 10.3. The Kier molecular flexibility index (Phi) is 8.61. The molecule has 1 fully saturated rings. The van der Waals surface area contributed by atoms with Gasteiger partial charge in [-0.1, -0.05) is 62.1 Å². The third-order valence-electron chi connectivity index (χ3n) is 7.25. The lowest BCUT2D eigenvalue weighted by molar-refractivity contribution is -0.274. The number of hydrogen-bond acceptors (Lipinski definition) is 5. The molecule has 1 unspecified atom stereocenters. The summed E-state index contributed by atoms with van der Waals surface area (Å²) in [6.45, 7) is 0. The molecule has 7 nitrogen and oxygen atoms in total. The predicted molar refractivity (Wildman–Crippen MR) is 150 cm³/mol. The zero-order chi connectivity index (χ0) is 29.7. The summed E-state index contributed by atoms with van der Waals surface area (Å²) in [5.41, 5.74) is 1.61. The summed E-state index contributed by atoms with van der Waals surface area (Å²) in [5.74, 6) is -0.637. The van der Waals surface area contributed by atoms with E-state index in [4.69, 9.17) is 9.72 Å². The van der Waals surface area contributed by atoms with Gasteiger partial charge in [0, 0.05) is 11.1 Å². The van der Waals surface area contributed by atoms with Crippen molar-refractivity contribution in [2.24, 2.45) is 5.92 Å². The number of carboxylic acid groups (broad SMARTS) is 1. The van der Waals surface area contributed by atoms with Gasteiger partial charge in [0.1, 0.15) is 22.9 Å². The van der Waals surface area contributed by atoms with E-state index in [0.717, 1.165) is 42.1 Å². The van der Waals surface area contributed by atoms with Gasteiger partial charge in [-0.3, -0.25) is 9.59 Å². The van der Waals surface area contributed by atoms with Crippen LogP contribution in [0.5, 0.6) is 17.2 Å². The Labute approximate surface area is 240 Å². The molecule has 0 radical (unpaired) electrons. The normalized spacial score (nSPS) is 14.5. The van der Waals surface area contributed by atoms with Crippen LogP contribution in [-0.4, -0.2) is 28.3 Å². The van der Waals surface area contributed by atoms with Gasteiger partial charge in [-0.25, -0.2) is 4.98 Å². The van der Waals surface area contributed by atoms with E-state index in [-0.39, 0.29) is 17.9 Å². The summed E-state index contributed by atoms with van der Waals surface area (Å²) < 4.78 is 47.3. The van der Waals surface area contributed by atoms with Gasteiger partial charge in [-0.2, -0.15) is 0 Å². The summed E-state index contributed by atoms with van der Waals surface area (Å²) in [7, 11) is 0. The highest BCUT2D eigenvalue weighted by atomic mass is 19.4. The molecule has 42 heavy (non-hydrogen) atoms. The van der Waals surface area contributed by atoms with Crippen molar-refractivity contribution < 1.29 is 37.3 Å². The molecule has 4 aromatic rings. The Hall–Kier alpha value is -4.60. The van der Waals surface area contributed by atoms with Crippen LogP contribution in [0, 0.1) is 5.92 Å². The Morgan fingerprint density at radius 2 is 1.60 bits per heavy atom. The first-order valence-corrected chi connectivity index (χ1v) is 13.7. The molecule has 10 heteroatoms. The van der Waals surface area contributed by atoms with Gasteiger partial charge in [0.25, 0.3) is 5.91 Å². The molecule has 0 aliphatic heterocycles. The van der Waals surface area contributed by atoms with Gasteiger partial charge in [-0.15, -0.1) is 13.2 Å². The summed E-state index contributed by atoms with van der Waals surface area (Å²) in [6.07, 6.45) is 0.0217. The molecule has 1 saturated carbocycles. The van der Waals surface area contributed by atoms with Crippen LogP contribution in [0.3, 0.4) is 0 Å². The quantitative estimate of drug-likeness (QED) is 0.201. The number of amides is 1. The summed E-state index contributed by atoms with van der Waals surface area (Å²) in [6, 6.07) is 20.3. The molecule has 2 N–H and O–H groups in total. The molecule has 0 spiro atoms. The maximum Gasteiger partial charge on any atom is 0.573 e. The van der Waals surface area contributed by atoms with E-state index >= 15 is 0 Å². The van der Waals surface area contributed by atoms with E-state index in [2.05, 4.69) is 10.1 Å². The molecular formula is C32H29F3N2O5. The van der Waals surface area contributed by atoms with Crippen molar-refractivity contribution in [1.29, 1.82) is 0 Å². The molecular weight excluding hydrogens is 549 g/mol. The molecule has 0 saturated heterocycles. The number of aliphatic carboxylic acids is 1. The van der Waals surface area contributed by atoms with Crippen LogP contribution in [0.15, 0.2) is 78.9 Å². The minimum Gasteiger partial charge on any atom is -0.481 e. The first kappa shape index (κ1) is 28.9. The van der Waals surface area contributed by atoms with Crippen LogP contribution in [0.4, 0.5) is 13.2 Å². The van der Waals surface area contributed by atoms with E-state index in [1.165, 1.54) is 24.3 Å². The minimum absolute atomic E-state index is 0.190. The van der Waals surface area contributed by atoms with Crippen LogP contribution >= 0.6 is 0 Å². The average molecular weight is 579 g/mol. The van der Waals surface area contributed by atoms with Crippen LogP contribution in [0.1, 0.15) is 59.9 Å². The predicted octanol–water partition coefficient (Wildman–Crippen LogP) is 7.60. The number of carbonyl (C=O) groups excluding carboxylic acids is 1. The topological polar surface area (TPSA) is 97.8 Å². The van der Waals surface area contributed by atoms with Gasteiger partial charge in [0.15, 0.2) is 0 Å². The van der Waals surface area contributed by atoms with Crippen LogP contribution < -0.4 is 14.8 Å². The fourth-order valence-electron chi connectivity index (χ4n) is 5.31.